The van der Waals surface area contributed by atoms with Crippen molar-refractivity contribution in [2.24, 2.45) is 5.92 Å². The van der Waals surface area contributed by atoms with Gasteiger partial charge in [0.15, 0.2) is 0 Å². The quantitative estimate of drug-likeness (QED) is 0.669. The van der Waals surface area contributed by atoms with Crippen LogP contribution in [-0.4, -0.2) is 34.7 Å². The van der Waals surface area contributed by atoms with E-state index in [9.17, 15) is 5.11 Å². The molecule has 0 unspecified atom stereocenters. The van der Waals surface area contributed by atoms with Crippen LogP contribution in [0.2, 0.25) is 0 Å². The monoisotopic (exact) mass is 209 g/mol. The molecular formula is C13H23NO. The van der Waals surface area contributed by atoms with Crippen LogP contribution in [0, 0.1) is 5.92 Å². The highest BCUT2D eigenvalue weighted by Gasteiger charge is 2.47. The maximum atomic E-state index is 10.6. The van der Waals surface area contributed by atoms with Gasteiger partial charge in [-0.1, -0.05) is 18.9 Å². The van der Waals surface area contributed by atoms with E-state index in [1.165, 1.54) is 19.3 Å². The van der Waals surface area contributed by atoms with Crippen molar-refractivity contribution in [3.8, 4) is 0 Å². The van der Waals surface area contributed by atoms with Gasteiger partial charge in [0.1, 0.15) is 0 Å². The fourth-order valence-corrected chi connectivity index (χ4v) is 3.51. The SMILES string of the molecule is C=C[C@@]1(O)C[C@H](C)N(C)[C@H]2CCCC[C@@H]21. The van der Waals surface area contributed by atoms with E-state index >= 15 is 0 Å². The molecule has 1 heterocycles. The summed E-state index contributed by atoms with van der Waals surface area (Å²) < 4.78 is 0. The molecular weight excluding hydrogens is 186 g/mol. The summed E-state index contributed by atoms with van der Waals surface area (Å²) in [5, 5.41) is 10.6. The van der Waals surface area contributed by atoms with Crippen molar-refractivity contribution in [1.82, 2.24) is 4.90 Å². The Balaban J connectivity index is 2.25. The fraction of sp³-hybridized carbons (Fsp3) is 0.846. The van der Waals surface area contributed by atoms with E-state index in [2.05, 4.69) is 25.5 Å². The van der Waals surface area contributed by atoms with E-state index in [1.807, 2.05) is 0 Å². The van der Waals surface area contributed by atoms with Crippen LogP contribution in [0.3, 0.4) is 0 Å². The van der Waals surface area contributed by atoms with E-state index < -0.39 is 5.60 Å². The molecule has 2 heteroatoms. The number of piperidine rings is 1. The van der Waals surface area contributed by atoms with Gasteiger partial charge in [0.2, 0.25) is 0 Å². The van der Waals surface area contributed by atoms with Crippen LogP contribution in [0.25, 0.3) is 0 Å². The lowest BCUT2D eigenvalue weighted by Crippen LogP contribution is -2.60. The molecule has 1 saturated carbocycles. The molecule has 0 aromatic heterocycles. The zero-order chi connectivity index (χ0) is 11.1. The first-order valence-corrected chi connectivity index (χ1v) is 6.16. The van der Waals surface area contributed by atoms with Crippen molar-refractivity contribution in [3.63, 3.8) is 0 Å². The highest BCUT2D eigenvalue weighted by molar-refractivity contribution is 5.10. The number of aliphatic hydroxyl groups is 1. The number of likely N-dealkylation sites (tertiary alicyclic amines) is 1. The summed E-state index contributed by atoms with van der Waals surface area (Å²) in [6.45, 7) is 6.05. The predicted octanol–water partition coefficient (Wildman–Crippen LogP) is 2.19. The van der Waals surface area contributed by atoms with Crippen LogP contribution in [0.15, 0.2) is 12.7 Å². The first-order valence-electron chi connectivity index (χ1n) is 6.16. The van der Waals surface area contributed by atoms with Gasteiger partial charge < -0.3 is 10.0 Å². The Bertz CT molecular complexity index is 253. The molecule has 0 aromatic carbocycles. The molecule has 4 atom stereocenters. The van der Waals surface area contributed by atoms with E-state index in [0.29, 0.717) is 18.0 Å². The van der Waals surface area contributed by atoms with Crippen LogP contribution in [0.1, 0.15) is 39.0 Å². The van der Waals surface area contributed by atoms with Gasteiger partial charge in [-0.15, -0.1) is 6.58 Å². The van der Waals surface area contributed by atoms with Crippen molar-refractivity contribution in [1.29, 1.82) is 0 Å². The smallest absolute Gasteiger partial charge is 0.0882 e. The van der Waals surface area contributed by atoms with Gasteiger partial charge >= 0.3 is 0 Å². The molecule has 2 fully saturated rings. The maximum absolute atomic E-state index is 10.6. The topological polar surface area (TPSA) is 23.5 Å². The normalized spacial score (nSPS) is 47.3. The third-order valence-electron chi connectivity index (χ3n) is 4.57. The van der Waals surface area contributed by atoms with Crippen LogP contribution in [0.5, 0.6) is 0 Å². The summed E-state index contributed by atoms with van der Waals surface area (Å²) in [4.78, 5) is 2.46. The molecule has 0 bridgehead atoms. The molecule has 0 spiro atoms. The van der Waals surface area contributed by atoms with Crippen LogP contribution >= 0.6 is 0 Å². The van der Waals surface area contributed by atoms with Gasteiger partial charge in [-0.2, -0.15) is 0 Å². The molecule has 2 aliphatic rings. The molecule has 1 aliphatic heterocycles. The summed E-state index contributed by atoms with van der Waals surface area (Å²) in [6.07, 6.45) is 7.60. The molecule has 0 aromatic rings. The summed E-state index contributed by atoms with van der Waals surface area (Å²) in [5.41, 5.74) is -0.614. The average molecular weight is 209 g/mol. The predicted molar refractivity (Wildman–Crippen MR) is 62.7 cm³/mol. The minimum absolute atomic E-state index is 0.407. The molecule has 1 N–H and O–H groups in total. The van der Waals surface area contributed by atoms with Crippen LogP contribution in [0.4, 0.5) is 0 Å². The first-order chi connectivity index (χ1) is 7.08. The summed E-state index contributed by atoms with van der Waals surface area (Å²) in [7, 11) is 2.20. The average Bonchev–Trinajstić information content (AvgIpc) is 2.26. The van der Waals surface area contributed by atoms with Gasteiger partial charge in [-0.05, 0) is 33.2 Å². The molecule has 0 radical (unpaired) electrons. The fourth-order valence-electron chi connectivity index (χ4n) is 3.51. The Morgan fingerprint density at radius 3 is 2.73 bits per heavy atom. The Labute approximate surface area is 93.0 Å². The standard InChI is InChI=1S/C13H23NO/c1-4-13(15)9-10(2)14(3)12-8-6-5-7-11(12)13/h4,10-12,15H,1,5-9H2,2-3H3/t10-,11-,12-,13+/m0/s1. The Morgan fingerprint density at radius 1 is 1.40 bits per heavy atom. The highest BCUT2D eigenvalue weighted by Crippen LogP contribution is 2.43. The zero-order valence-electron chi connectivity index (χ0n) is 9.95. The lowest BCUT2D eigenvalue weighted by molar-refractivity contribution is -0.0970. The van der Waals surface area contributed by atoms with E-state index in [4.69, 9.17) is 0 Å². The van der Waals surface area contributed by atoms with Crippen molar-refractivity contribution in [3.05, 3.63) is 12.7 Å². The number of hydrogen-bond acceptors (Lipinski definition) is 2. The van der Waals surface area contributed by atoms with Gasteiger partial charge in [0.05, 0.1) is 5.60 Å². The van der Waals surface area contributed by atoms with Crippen molar-refractivity contribution >= 4 is 0 Å². The number of nitrogens with zero attached hydrogens (tertiary/aromatic N) is 1. The van der Waals surface area contributed by atoms with E-state index in [1.54, 1.807) is 6.08 Å². The minimum atomic E-state index is -0.614. The van der Waals surface area contributed by atoms with Crippen LogP contribution < -0.4 is 0 Å². The lowest BCUT2D eigenvalue weighted by Gasteiger charge is -2.53. The Hall–Kier alpha value is -0.340. The second-order valence-electron chi connectivity index (χ2n) is 5.37. The van der Waals surface area contributed by atoms with Crippen molar-refractivity contribution < 1.29 is 5.11 Å². The molecule has 2 nitrogen and oxygen atoms in total. The second-order valence-corrected chi connectivity index (χ2v) is 5.37. The number of fused-ring (bicyclic) bond motifs is 1. The van der Waals surface area contributed by atoms with Gasteiger partial charge in [-0.25, -0.2) is 0 Å². The zero-order valence-corrected chi connectivity index (χ0v) is 9.95. The molecule has 0 amide bonds. The number of hydrogen-bond donors (Lipinski definition) is 1. The Morgan fingerprint density at radius 2 is 2.07 bits per heavy atom. The van der Waals surface area contributed by atoms with Crippen molar-refractivity contribution in [2.75, 3.05) is 7.05 Å². The minimum Gasteiger partial charge on any atom is -0.385 e. The summed E-state index contributed by atoms with van der Waals surface area (Å²) >= 11 is 0. The summed E-state index contributed by atoms with van der Waals surface area (Å²) in [6, 6.07) is 1.03. The third-order valence-corrected chi connectivity index (χ3v) is 4.57. The summed E-state index contributed by atoms with van der Waals surface area (Å²) in [5.74, 6) is 0.407. The second kappa shape index (κ2) is 3.91. The first kappa shape index (κ1) is 11.2. The molecule has 15 heavy (non-hydrogen) atoms. The number of rotatable bonds is 1. The van der Waals surface area contributed by atoms with E-state index in [0.717, 1.165) is 12.8 Å². The molecule has 2 rings (SSSR count). The molecule has 1 aliphatic carbocycles. The molecule has 86 valence electrons. The lowest BCUT2D eigenvalue weighted by atomic mass is 9.67. The Kier molecular flexibility index (Phi) is 2.91. The van der Waals surface area contributed by atoms with Gasteiger partial charge in [0, 0.05) is 18.0 Å². The molecule has 1 saturated heterocycles. The van der Waals surface area contributed by atoms with Gasteiger partial charge in [0.25, 0.3) is 0 Å². The van der Waals surface area contributed by atoms with Gasteiger partial charge in [-0.3, -0.25) is 0 Å². The highest BCUT2D eigenvalue weighted by atomic mass is 16.3. The maximum Gasteiger partial charge on any atom is 0.0882 e. The largest absolute Gasteiger partial charge is 0.385 e. The van der Waals surface area contributed by atoms with Crippen molar-refractivity contribution in [2.45, 2.75) is 56.7 Å². The van der Waals surface area contributed by atoms with Crippen LogP contribution in [-0.2, 0) is 0 Å². The van der Waals surface area contributed by atoms with E-state index in [-0.39, 0.29) is 0 Å². The third kappa shape index (κ3) is 1.74.